The highest BCUT2D eigenvalue weighted by atomic mass is 35.5. The third-order valence-corrected chi connectivity index (χ3v) is 5.18. The van der Waals surface area contributed by atoms with Gasteiger partial charge in [0.2, 0.25) is 11.7 Å². The Morgan fingerprint density at radius 2 is 2.18 bits per heavy atom. The number of benzene rings is 1. The molecule has 0 bridgehead atoms. The smallest absolute Gasteiger partial charge is 0.298 e. The lowest BCUT2D eigenvalue weighted by molar-refractivity contribution is -0.125. The SMILES string of the molecule is CC1(C(=O)NCc2cc3cc(Cl)c(OCc4cc(C(F)F)on4)cc3[nH]2)CC1. The van der Waals surface area contributed by atoms with Gasteiger partial charge in [-0.2, -0.15) is 0 Å². The van der Waals surface area contributed by atoms with Gasteiger partial charge >= 0.3 is 0 Å². The fraction of sp³-hybridized carbons (Fsp3) is 0.368. The van der Waals surface area contributed by atoms with Crippen molar-refractivity contribution in [1.29, 1.82) is 0 Å². The highest BCUT2D eigenvalue weighted by Gasteiger charge is 2.44. The summed E-state index contributed by atoms with van der Waals surface area (Å²) in [6, 6.07) is 6.52. The third kappa shape index (κ3) is 3.82. The van der Waals surface area contributed by atoms with Gasteiger partial charge in [0.15, 0.2) is 0 Å². The first-order valence-electron chi connectivity index (χ1n) is 8.80. The molecule has 0 aliphatic heterocycles. The zero-order chi connectivity index (χ0) is 19.9. The van der Waals surface area contributed by atoms with Gasteiger partial charge in [0.25, 0.3) is 6.43 Å². The van der Waals surface area contributed by atoms with Crippen LogP contribution >= 0.6 is 11.6 Å². The first-order chi connectivity index (χ1) is 13.3. The van der Waals surface area contributed by atoms with E-state index in [4.69, 9.17) is 16.3 Å². The van der Waals surface area contributed by atoms with Crippen molar-refractivity contribution >= 4 is 28.4 Å². The predicted molar refractivity (Wildman–Crippen MR) is 98.3 cm³/mol. The molecule has 0 atom stereocenters. The number of nitrogens with one attached hydrogen (secondary N) is 2. The minimum atomic E-state index is -2.72. The Bertz CT molecular complexity index is 1030. The van der Waals surface area contributed by atoms with Crippen LogP contribution in [0.5, 0.6) is 5.75 Å². The molecule has 1 fully saturated rings. The fourth-order valence-corrected chi connectivity index (χ4v) is 3.08. The second-order valence-electron chi connectivity index (χ2n) is 7.22. The average molecular weight is 410 g/mol. The van der Waals surface area contributed by atoms with Crippen molar-refractivity contribution in [2.75, 3.05) is 0 Å². The van der Waals surface area contributed by atoms with Crippen LogP contribution in [0.4, 0.5) is 8.78 Å². The predicted octanol–water partition coefficient (Wildman–Crippen LogP) is 4.74. The van der Waals surface area contributed by atoms with Crippen molar-refractivity contribution in [2.45, 2.75) is 39.3 Å². The fourth-order valence-electron chi connectivity index (χ4n) is 2.85. The van der Waals surface area contributed by atoms with E-state index in [-0.39, 0.29) is 23.6 Å². The molecule has 0 saturated heterocycles. The van der Waals surface area contributed by atoms with Crippen LogP contribution in [0.2, 0.25) is 5.02 Å². The number of hydrogen-bond donors (Lipinski definition) is 2. The van der Waals surface area contributed by atoms with E-state index in [9.17, 15) is 13.6 Å². The van der Waals surface area contributed by atoms with E-state index < -0.39 is 12.2 Å². The molecule has 0 unspecified atom stereocenters. The first-order valence-corrected chi connectivity index (χ1v) is 9.18. The van der Waals surface area contributed by atoms with Crippen molar-refractivity contribution in [2.24, 2.45) is 5.41 Å². The molecule has 148 valence electrons. The monoisotopic (exact) mass is 409 g/mol. The molecule has 2 heterocycles. The molecule has 3 aromatic rings. The van der Waals surface area contributed by atoms with Crippen LogP contribution in [-0.4, -0.2) is 16.0 Å². The van der Waals surface area contributed by atoms with Gasteiger partial charge in [0.05, 0.1) is 11.6 Å². The average Bonchev–Trinajstić information content (AvgIpc) is 3.07. The van der Waals surface area contributed by atoms with Gasteiger partial charge in [-0.1, -0.05) is 23.7 Å². The van der Waals surface area contributed by atoms with E-state index in [0.29, 0.717) is 17.3 Å². The summed E-state index contributed by atoms with van der Waals surface area (Å²) in [5.41, 5.74) is 1.66. The molecule has 6 nitrogen and oxygen atoms in total. The number of alkyl halides is 2. The van der Waals surface area contributed by atoms with Crippen molar-refractivity contribution in [3.63, 3.8) is 0 Å². The normalized spacial score (nSPS) is 15.2. The molecule has 0 radical (unpaired) electrons. The summed E-state index contributed by atoms with van der Waals surface area (Å²) in [7, 11) is 0. The van der Waals surface area contributed by atoms with Crippen molar-refractivity contribution in [3.8, 4) is 5.75 Å². The molecule has 1 saturated carbocycles. The number of aromatic amines is 1. The summed E-state index contributed by atoms with van der Waals surface area (Å²) in [6.07, 6.45) is -0.875. The molecule has 2 N–H and O–H groups in total. The number of halogens is 3. The van der Waals surface area contributed by atoms with E-state index in [2.05, 4.69) is 20.0 Å². The largest absolute Gasteiger partial charge is 0.486 e. The Balaban J connectivity index is 1.44. The number of hydrogen-bond acceptors (Lipinski definition) is 4. The lowest BCUT2D eigenvalue weighted by Crippen LogP contribution is -2.29. The van der Waals surface area contributed by atoms with Gasteiger partial charge in [-0.05, 0) is 25.0 Å². The van der Waals surface area contributed by atoms with Gasteiger partial charge < -0.3 is 19.6 Å². The van der Waals surface area contributed by atoms with E-state index in [1.165, 1.54) is 0 Å². The van der Waals surface area contributed by atoms with Gasteiger partial charge in [-0.3, -0.25) is 4.79 Å². The van der Waals surface area contributed by atoms with Crippen LogP contribution in [-0.2, 0) is 17.9 Å². The maximum atomic E-state index is 12.5. The van der Waals surface area contributed by atoms with Gasteiger partial charge in [-0.15, -0.1) is 0 Å². The number of nitrogens with zero attached hydrogens (tertiary/aromatic N) is 1. The summed E-state index contributed by atoms with van der Waals surface area (Å²) < 4.78 is 35.2. The van der Waals surface area contributed by atoms with Crippen LogP contribution in [0, 0.1) is 5.41 Å². The summed E-state index contributed by atoms with van der Waals surface area (Å²) in [5.74, 6) is -0.0565. The Hall–Kier alpha value is -2.61. The zero-order valence-corrected chi connectivity index (χ0v) is 15.8. The zero-order valence-electron chi connectivity index (χ0n) is 15.0. The third-order valence-electron chi connectivity index (χ3n) is 4.88. The lowest BCUT2D eigenvalue weighted by atomic mass is 10.1. The summed E-state index contributed by atoms with van der Waals surface area (Å²) in [5, 5.41) is 7.73. The quantitative estimate of drug-likeness (QED) is 0.590. The minimum Gasteiger partial charge on any atom is -0.486 e. The number of H-pyrrole nitrogens is 1. The molecule has 4 rings (SSSR count). The molecule has 28 heavy (non-hydrogen) atoms. The number of aromatic nitrogens is 2. The summed E-state index contributed by atoms with van der Waals surface area (Å²) >= 11 is 6.26. The minimum absolute atomic E-state index is 0.0519. The number of carbonyl (C=O) groups excluding carboxylic acids is 1. The molecule has 0 spiro atoms. The molecule has 1 amide bonds. The Morgan fingerprint density at radius 1 is 1.39 bits per heavy atom. The number of carbonyl (C=O) groups is 1. The highest BCUT2D eigenvalue weighted by Crippen LogP contribution is 2.45. The Labute approximate surface area is 164 Å². The van der Waals surface area contributed by atoms with Gasteiger partial charge in [0, 0.05) is 34.1 Å². The van der Waals surface area contributed by atoms with Crippen molar-refractivity contribution in [3.05, 3.63) is 46.4 Å². The summed E-state index contributed by atoms with van der Waals surface area (Å²) in [4.78, 5) is 15.3. The van der Waals surface area contributed by atoms with E-state index in [1.54, 1.807) is 12.1 Å². The van der Waals surface area contributed by atoms with Crippen LogP contribution in [0.15, 0.2) is 28.8 Å². The second-order valence-corrected chi connectivity index (χ2v) is 7.62. The maximum Gasteiger partial charge on any atom is 0.298 e. The van der Waals surface area contributed by atoms with E-state index >= 15 is 0 Å². The lowest BCUT2D eigenvalue weighted by Gasteiger charge is -2.08. The van der Waals surface area contributed by atoms with Crippen LogP contribution in [0.1, 0.15) is 43.3 Å². The van der Waals surface area contributed by atoms with Crippen LogP contribution in [0.25, 0.3) is 10.9 Å². The number of amides is 1. The molecular weight excluding hydrogens is 392 g/mol. The molecule has 1 aliphatic rings. The van der Waals surface area contributed by atoms with Gasteiger partial charge in [0.1, 0.15) is 18.1 Å². The number of fused-ring (bicyclic) bond motifs is 1. The van der Waals surface area contributed by atoms with Crippen molar-refractivity contribution < 1.29 is 22.8 Å². The standard InChI is InChI=1S/C19H18ClF2N3O3/c1-19(2-3-19)18(26)23-8-11-4-10-5-13(20)15(7-14(10)24-11)27-9-12-6-16(17(21)22)28-25-12/h4-7,17,24H,2-3,8-9H2,1H3,(H,23,26). The molecule has 9 heteroatoms. The first kappa shape index (κ1) is 18.7. The van der Waals surface area contributed by atoms with E-state index in [0.717, 1.165) is 35.5 Å². The molecule has 2 aromatic heterocycles. The van der Waals surface area contributed by atoms with E-state index in [1.807, 2.05) is 13.0 Å². The second kappa shape index (κ2) is 7.09. The van der Waals surface area contributed by atoms with Crippen molar-refractivity contribution in [1.82, 2.24) is 15.5 Å². The molecule has 1 aliphatic carbocycles. The van der Waals surface area contributed by atoms with Crippen LogP contribution in [0.3, 0.4) is 0 Å². The number of rotatable bonds is 7. The van der Waals surface area contributed by atoms with Gasteiger partial charge in [-0.25, -0.2) is 8.78 Å². The number of ether oxygens (including phenoxy) is 1. The summed E-state index contributed by atoms with van der Waals surface area (Å²) in [6.45, 7) is 2.30. The Kier molecular flexibility index (Phi) is 4.74. The molecular formula is C19H18ClF2N3O3. The maximum absolute atomic E-state index is 12.5. The van der Waals surface area contributed by atoms with Crippen LogP contribution < -0.4 is 10.1 Å². The topological polar surface area (TPSA) is 80.2 Å². The molecule has 1 aromatic carbocycles. The highest BCUT2D eigenvalue weighted by molar-refractivity contribution is 6.32. The Morgan fingerprint density at radius 3 is 2.86 bits per heavy atom.